The number of hydrogen-bond donors (Lipinski definition) is 0. The maximum absolute atomic E-state index is 12.2. The summed E-state index contributed by atoms with van der Waals surface area (Å²) in [4.78, 5) is 18.8. The molecule has 0 saturated heterocycles. The Hall–Kier alpha value is -1.49. The standard InChI is InChI=1S/C18H27N3OS/c1-4-7-10-13-21-16-12-9-8-11-15(16)19-18(21)23-14-17(22)20(5-2)6-3/h8-9,11-12H,4-7,10,13-14H2,1-3H3. The molecule has 2 aromatic rings. The van der Waals surface area contributed by atoms with Crippen molar-refractivity contribution in [3.63, 3.8) is 0 Å². The molecular formula is C18H27N3OS. The van der Waals surface area contributed by atoms with E-state index in [0.29, 0.717) is 5.75 Å². The van der Waals surface area contributed by atoms with E-state index in [4.69, 9.17) is 4.98 Å². The molecular weight excluding hydrogens is 306 g/mol. The molecule has 0 atom stereocenters. The fraction of sp³-hybridized carbons (Fsp3) is 0.556. The number of amides is 1. The lowest BCUT2D eigenvalue weighted by Gasteiger charge is -2.18. The minimum absolute atomic E-state index is 0.187. The van der Waals surface area contributed by atoms with Crippen LogP contribution >= 0.6 is 11.8 Å². The second kappa shape index (κ2) is 8.96. The molecule has 1 aromatic heterocycles. The molecule has 0 N–H and O–H groups in total. The molecule has 5 heteroatoms. The van der Waals surface area contributed by atoms with Crippen molar-refractivity contribution in [2.45, 2.75) is 51.7 Å². The van der Waals surface area contributed by atoms with Crippen molar-refractivity contribution < 1.29 is 4.79 Å². The molecule has 0 bridgehead atoms. The number of rotatable bonds is 9. The molecule has 0 radical (unpaired) electrons. The minimum Gasteiger partial charge on any atom is -0.343 e. The highest BCUT2D eigenvalue weighted by atomic mass is 32.2. The third kappa shape index (κ3) is 4.50. The number of thioether (sulfide) groups is 1. The third-order valence-electron chi connectivity index (χ3n) is 4.05. The maximum atomic E-state index is 12.2. The molecule has 4 nitrogen and oxygen atoms in total. The highest BCUT2D eigenvalue weighted by molar-refractivity contribution is 7.99. The quantitative estimate of drug-likeness (QED) is 0.510. The molecule has 0 aliphatic heterocycles. The molecule has 0 aliphatic rings. The van der Waals surface area contributed by atoms with Crippen LogP contribution in [0, 0.1) is 0 Å². The highest BCUT2D eigenvalue weighted by Crippen LogP contribution is 2.25. The summed E-state index contributed by atoms with van der Waals surface area (Å²) in [6.45, 7) is 8.75. The topological polar surface area (TPSA) is 38.1 Å². The zero-order chi connectivity index (χ0) is 16.7. The summed E-state index contributed by atoms with van der Waals surface area (Å²) in [7, 11) is 0. The van der Waals surface area contributed by atoms with Gasteiger partial charge in [-0.15, -0.1) is 0 Å². The van der Waals surface area contributed by atoms with E-state index in [1.165, 1.54) is 18.4 Å². The van der Waals surface area contributed by atoms with Crippen molar-refractivity contribution >= 4 is 28.7 Å². The van der Waals surface area contributed by atoms with Crippen LogP contribution in [0.1, 0.15) is 40.0 Å². The van der Waals surface area contributed by atoms with Crippen LogP contribution in [0.5, 0.6) is 0 Å². The minimum atomic E-state index is 0.187. The lowest BCUT2D eigenvalue weighted by atomic mass is 10.2. The second-order valence-electron chi connectivity index (χ2n) is 5.60. The first-order valence-corrected chi connectivity index (χ1v) is 9.55. The Kier molecular flexibility index (Phi) is 6.96. The lowest BCUT2D eigenvalue weighted by Crippen LogP contribution is -2.31. The van der Waals surface area contributed by atoms with Gasteiger partial charge in [0, 0.05) is 19.6 Å². The van der Waals surface area contributed by atoms with Gasteiger partial charge in [-0.2, -0.15) is 0 Å². The smallest absolute Gasteiger partial charge is 0.233 e. The van der Waals surface area contributed by atoms with Crippen LogP contribution in [-0.2, 0) is 11.3 Å². The van der Waals surface area contributed by atoms with Gasteiger partial charge in [0.1, 0.15) is 0 Å². The third-order valence-corrected chi connectivity index (χ3v) is 5.01. The number of imidazole rings is 1. The number of unbranched alkanes of at least 4 members (excludes halogenated alkanes) is 2. The van der Waals surface area contributed by atoms with Gasteiger partial charge >= 0.3 is 0 Å². The van der Waals surface area contributed by atoms with E-state index >= 15 is 0 Å². The van der Waals surface area contributed by atoms with E-state index in [-0.39, 0.29) is 5.91 Å². The van der Waals surface area contributed by atoms with E-state index in [2.05, 4.69) is 23.6 Å². The number of benzene rings is 1. The summed E-state index contributed by atoms with van der Waals surface area (Å²) >= 11 is 1.56. The van der Waals surface area contributed by atoms with Gasteiger partial charge in [0.15, 0.2) is 5.16 Å². The molecule has 0 saturated carbocycles. The van der Waals surface area contributed by atoms with Crippen molar-refractivity contribution in [3.05, 3.63) is 24.3 Å². The summed E-state index contributed by atoms with van der Waals surface area (Å²) in [5.41, 5.74) is 2.18. The molecule has 23 heavy (non-hydrogen) atoms. The lowest BCUT2D eigenvalue weighted by molar-refractivity contribution is -0.127. The molecule has 1 aromatic carbocycles. The van der Waals surface area contributed by atoms with Crippen molar-refractivity contribution in [1.29, 1.82) is 0 Å². The molecule has 0 fully saturated rings. The first-order chi connectivity index (χ1) is 11.2. The average molecular weight is 334 g/mol. The molecule has 0 spiro atoms. The van der Waals surface area contributed by atoms with E-state index in [1.54, 1.807) is 11.8 Å². The fourth-order valence-corrected chi connectivity index (χ4v) is 3.64. The summed E-state index contributed by atoms with van der Waals surface area (Å²) in [6, 6.07) is 8.23. The van der Waals surface area contributed by atoms with E-state index in [1.807, 2.05) is 30.9 Å². The zero-order valence-electron chi connectivity index (χ0n) is 14.4. The van der Waals surface area contributed by atoms with Crippen LogP contribution in [0.25, 0.3) is 11.0 Å². The molecule has 0 aliphatic carbocycles. The first-order valence-electron chi connectivity index (χ1n) is 8.57. The van der Waals surface area contributed by atoms with Crippen molar-refractivity contribution in [1.82, 2.24) is 14.5 Å². The predicted molar refractivity (Wildman–Crippen MR) is 97.9 cm³/mol. The second-order valence-corrected chi connectivity index (χ2v) is 6.54. The summed E-state index contributed by atoms with van der Waals surface area (Å²) in [5, 5.41) is 0.961. The first kappa shape index (κ1) is 17.9. The summed E-state index contributed by atoms with van der Waals surface area (Å²) in [6.07, 6.45) is 3.57. The predicted octanol–water partition coefficient (Wildman–Crippen LogP) is 4.19. The van der Waals surface area contributed by atoms with Gasteiger partial charge in [-0.1, -0.05) is 43.7 Å². The number of para-hydroxylation sites is 2. The van der Waals surface area contributed by atoms with Gasteiger partial charge in [-0.25, -0.2) is 4.98 Å². The highest BCUT2D eigenvalue weighted by Gasteiger charge is 2.15. The number of aryl methyl sites for hydroxylation is 1. The number of aromatic nitrogens is 2. The summed E-state index contributed by atoms with van der Waals surface area (Å²) < 4.78 is 2.27. The monoisotopic (exact) mass is 333 g/mol. The molecule has 2 rings (SSSR count). The van der Waals surface area contributed by atoms with Crippen LogP contribution in [0.15, 0.2) is 29.4 Å². The Labute approximate surface area is 143 Å². The Morgan fingerprint density at radius 3 is 2.61 bits per heavy atom. The number of carbonyl (C=O) groups excluding carboxylic acids is 1. The van der Waals surface area contributed by atoms with Gasteiger partial charge in [-0.3, -0.25) is 4.79 Å². The zero-order valence-corrected chi connectivity index (χ0v) is 15.2. The van der Waals surface area contributed by atoms with Crippen molar-refractivity contribution in [2.75, 3.05) is 18.8 Å². The Balaban J connectivity index is 2.15. The Morgan fingerprint density at radius 1 is 1.17 bits per heavy atom. The maximum Gasteiger partial charge on any atom is 0.233 e. The molecule has 1 amide bonds. The van der Waals surface area contributed by atoms with Gasteiger partial charge in [0.05, 0.1) is 16.8 Å². The molecule has 126 valence electrons. The summed E-state index contributed by atoms with van der Waals surface area (Å²) in [5.74, 6) is 0.644. The Morgan fingerprint density at radius 2 is 1.91 bits per heavy atom. The average Bonchev–Trinajstić information content (AvgIpc) is 2.92. The normalized spacial score (nSPS) is 11.1. The van der Waals surface area contributed by atoms with Crippen molar-refractivity contribution in [3.8, 4) is 0 Å². The number of hydrogen-bond acceptors (Lipinski definition) is 3. The van der Waals surface area contributed by atoms with Gasteiger partial charge in [-0.05, 0) is 32.4 Å². The number of fused-ring (bicyclic) bond motifs is 1. The molecule has 0 unspecified atom stereocenters. The van der Waals surface area contributed by atoms with Gasteiger partial charge in [0.2, 0.25) is 5.91 Å². The van der Waals surface area contributed by atoms with Gasteiger partial charge in [0.25, 0.3) is 0 Å². The molecule has 1 heterocycles. The van der Waals surface area contributed by atoms with E-state index < -0.39 is 0 Å². The van der Waals surface area contributed by atoms with Crippen LogP contribution in [0.3, 0.4) is 0 Å². The fourth-order valence-electron chi connectivity index (χ4n) is 2.69. The Bertz CT molecular complexity index is 634. The number of nitrogens with zero attached hydrogens (tertiary/aromatic N) is 3. The largest absolute Gasteiger partial charge is 0.343 e. The van der Waals surface area contributed by atoms with Crippen LogP contribution in [-0.4, -0.2) is 39.2 Å². The number of carbonyl (C=O) groups is 1. The van der Waals surface area contributed by atoms with Gasteiger partial charge < -0.3 is 9.47 Å². The van der Waals surface area contributed by atoms with Crippen molar-refractivity contribution in [2.24, 2.45) is 0 Å². The van der Waals surface area contributed by atoms with Crippen LogP contribution in [0.4, 0.5) is 0 Å². The van der Waals surface area contributed by atoms with E-state index in [9.17, 15) is 4.79 Å². The SMILES string of the molecule is CCCCCn1c(SCC(=O)N(CC)CC)nc2ccccc21. The van der Waals surface area contributed by atoms with Crippen LogP contribution in [0.2, 0.25) is 0 Å². The van der Waals surface area contributed by atoms with E-state index in [0.717, 1.165) is 36.7 Å². The van der Waals surface area contributed by atoms with Crippen LogP contribution < -0.4 is 0 Å².